The highest BCUT2D eigenvalue weighted by molar-refractivity contribution is 6.27. The maximum atomic E-state index is 9.10. The van der Waals surface area contributed by atoms with Crippen LogP contribution in [0.3, 0.4) is 0 Å². The summed E-state index contributed by atoms with van der Waals surface area (Å²) in [6.07, 6.45) is 2.42. The lowest BCUT2D eigenvalue weighted by Crippen LogP contribution is -2.30. The summed E-state index contributed by atoms with van der Waals surface area (Å²) in [6, 6.07) is 6.53. The molecule has 26 heavy (non-hydrogen) atoms. The molecule has 0 aromatic heterocycles. The predicted octanol–water partition coefficient (Wildman–Crippen LogP) is 3.77. The van der Waals surface area contributed by atoms with Crippen LogP contribution in [0.5, 0.6) is 5.75 Å². The molecule has 0 saturated carbocycles. The van der Waals surface area contributed by atoms with Crippen molar-refractivity contribution in [1.82, 2.24) is 4.90 Å². The standard InChI is InChI=1S/C18H31NO.C2H2O4/c1-6-10-19(11-7-2)12-13-20-18-14-16(5)8-9-17(18)15(3)4;3-1(4)2(5)6/h8-9,14-15H,6-7,10-13H2,1-5H3;(H,3,4)(H,5,6). The second kappa shape index (κ2) is 13.2. The van der Waals surface area contributed by atoms with E-state index >= 15 is 0 Å². The average molecular weight is 367 g/mol. The first-order valence-electron chi connectivity index (χ1n) is 9.14. The van der Waals surface area contributed by atoms with Crippen LogP contribution < -0.4 is 4.74 Å². The zero-order chi connectivity index (χ0) is 20.1. The van der Waals surface area contributed by atoms with Crippen LogP contribution in [-0.4, -0.2) is 53.3 Å². The first-order chi connectivity index (χ1) is 12.2. The largest absolute Gasteiger partial charge is 0.492 e. The molecule has 1 aromatic rings. The van der Waals surface area contributed by atoms with Crippen molar-refractivity contribution >= 4 is 11.9 Å². The Labute approximate surface area is 156 Å². The van der Waals surface area contributed by atoms with Crippen LogP contribution in [0.25, 0.3) is 0 Å². The summed E-state index contributed by atoms with van der Waals surface area (Å²) in [5.41, 5.74) is 2.58. The van der Waals surface area contributed by atoms with Crippen molar-refractivity contribution in [1.29, 1.82) is 0 Å². The lowest BCUT2D eigenvalue weighted by Gasteiger charge is -2.22. The molecule has 1 aromatic carbocycles. The van der Waals surface area contributed by atoms with Crippen LogP contribution in [0.4, 0.5) is 0 Å². The van der Waals surface area contributed by atoms with E-state index in [0.717, 1.165) is 18.9 Å². The van der Waals surface area contributed by atoms with Gasteiger partial charge in [0.25, 0.3) is 0 Å². The first kappa shape index (κ1) is 23.9. The van der Waals surface area contributed by atoms with Crippen molar-refractivity contribution in [3.05, 3.63) is 29.3 Å². The molecule has 6 nitrogen and oxygen atoms in total. The lowest BCUT2D eigenvalue weighted by molar-refractivity contribution is -0.159. The number of aliphatic carboxylic acids is 2. The van der Waals surface area contributed by atoms with E-state index in [9.17, 15) is 0 Å². The molecule has 0 fully saturated rings. The molecule has 0 aliphatic heterocycles. The van der Waals surface area contributed by atoms with Gasteiger partial charge in [0.05, 0.1) is 0 Å². The minimum Gasteiger partial charge on any atom is -0.492 e. The number of aryl methyl sites for hydroxylation is 1. The van der Waals surface area contributed by atoms with Gasteiger partial charge in [0.1, 0.15) is 12.4 Å². The van der Waals surface area contributed by atoms with Crippen LogP contribution in [0, 0.1) is 6.92 Å². The summed E-state index contributed by atoms with van der Waals surface area (Å²) in [5, 5.41) is 14.8. The van der Waals surface area contributed by atoms with Gasteiger partial charge in [-0.15, -0.1) is 0 Å². The highest BCUT2D eigenvalue weighted by Gasteiger charge is 2.09. The smallest absolute Gasteiger partial charge is 0.414 e. The van der Waals surface area contributed by atoms with Crippen molar-refractivity contribution in [3.8, 4) is 5.75 Å². The molecular formula is C20H33NO5. The van der Waals surface area contributed by atoms with Gasteiger partial charge >= 0.3 is 11.9 Å². The van der Waals surface area contributed by atoms with Crippen molar-refractivity contribution in [2.24, 2.45) is 0 Å². The van der Waals surface area contributed by atoms with Crippen molar-refractivity contribution < 1.29 is 24.5 Å². The Kier molecular flexibility index (Phi) is 12.1. The summed E-state index contributed by atoms with van der Waals surface area (Å²) in [7, 11) is 0. The number of nitrogens with zero attached hydrogens (tertiary/aromatic N) is 1. The molecule has 0 heterocycles. The molecule has 1 rings (SSSR count). The first-order valence-corrected chi connectivity index (χ1v) is 9.14. The maximum absolute atomic E-state index is 9.10. The molecular weight excluding hydrogens is 334 g/mol. The highest BCUT2D eigenvalue weighted by atomic mass is 16.5. The van der Waals surface area contributed by atoms with Gasteiger partial charge in [0.2, 0.25) is 0 Å². The second-order valence-electron chi connectivity index (χ2n) is 6.50. The Morgan fingerprint density at radius 1 is 1.04 bits per heavy atom. The molecule has 0 radical (unpaired) electrons. The summed E-state index contributed by atoms with van der Waals surface area (Å²) in [6.45, 7) is 15.2. The lowest BCUT2D eigenvalue weighted by atomic mass is 10.0. The highest BCUT2D eigenvalue weighted by Crippen LogP contribution is 2.27. The van der Waals surface area contributed by atoms with Crippen molar-refractivity contribution in [2.75, 3.05) is 26.2 Å². The third-order valence-corrected chi connectivity index (χ3v) is 3.72. The Morgan fingerprint density at radius 2 is 1.58 bits per heavy atom. The zero-order valence-corrected chi connectivity index (χ0v) is 16.6. The molecule has 0 amide bonds. The molecule has 6 heteroatoms. The fourth-order valence-corrected chi connectivity index (χ4v) is 2.50. The molecule has 0 aliphatic carbocycles. The van der Waals surface area contributed by atoms with Gasteiger partial charge in [-0.05, 0) is 56.0 Å². The summed E-state index contributed by atoms with van der Waals surface area (Å²) in [4.78, 5) is 20.7. The number of hydrogen-bond donors (Lipinski definition) is 2. The van der Waals surface area contributed by atoms with Crippen LogP contribution in [0.1, 0.15) is 57.6 Å². The molecule has 2 N–H and O–H groups in total. The molecule has 0 atom stereocenters. The van der Waals surface area contributed by atoms with E-state index in [1.807, 2.05) is 0 Å². The molecule has 0 saturated heterocycles. The Hall–Kier alpha value is -2.08. The van der Waals surface area contributed by atoms with Gasteiger partial charge in [0, 0.05) is 6.54 Å². The van der Waals surface area contributed by atoms with Crippen LogP contribution >= 0.6 is 0 Å². The minimum absolute atomic E-state index is 0.507. The number of carbonyl (C=O) groups is 2. The van der Waals surface area contributed by atoms with E-state index in [-0.39, 0.29) is 0 Å². The molecule has 0 aliphatic rings. The molecule has 0 spiro atoms. The van der Waals surface area contributed by atoms with E-state index in [2.05, 4.69) is 57.7 Å². The fourth-order valence-electron chi connectivity index (χ4n) is 2.50. The third kappa shape index (κ3) is 10.0. The minimum atomic E-state index is -1.82. The van der Waals surface area contributed by atoms with E-state index in [1.165, 1.54) is 37.1 Å². The van der Waals surface area contributed by atoms with Gasteiger partial charge in [-0.2, -0.15) is 0 Å². The van der Waals surface area contributed by atoms with Gasteiger partial charge in [-0.3, -0.25) is 4.90 Å². The molecule has 0 bridgehead atoms. The maximum Gasteiger partial charge on any atom is 0.414 e. The summed E-state index contributed by atoms with van der Waals surface area (Å²) >= 11 is 0. The normalized spacial score (nSPS) is 10.4. The average Bonchev–Trinajstić information content (AvgIpc) is 2.55. The molecule has 148 valence electrons. The SMILES string of the molecule is CCCN(CCC)CCOc1cc(C)ccc1C(C)C.O=C(O)C(=O)O. The van der Waals surface area contributed by atoms with Crippen LogP contribution in [0.15, 0.2) is 18.2 Å². The van der Waals surface area contributed by atoms with E-state index in [4.69, 9.17) is 24.5 Å². The van der Waals surface area contributed by atoms with Crippen molar-refractivity contribution in [2.45, 2.75) is 53.4 Å². The predicted molar refractivity (Wildman–Crippen MR) is 103 cm³/mol. The van der Waals surface area contributed by atoms with Crippen LogP contribution in [0.2, 0.25) is 0 Å². The number of benzene rings is 1. The van der Waals surface area contributed by atoms with E-state index < -0.39 is 11.9 Å². The van der Waals surface area contributed by atoms with Gasteiger partial charge < -0.3 is 14.9 Å². The summed E-state index contributed by atoms with van der Waals surface area (Å²) < 4.78 is 6.06. The van der Waals surface area contributed by atoms with E-state index in [0.29, 0.717) is 5.92 Å². The van der Waals surface area contributed by atoms with Gasteiger partial charge in [0.15, 0.2) is 0 Å². The fraction of sp³-hybridized carbons (Fsp3) is 0.600. The Bertz CT molecular complexity index is 539. The number of ether oxygens (including phenoxy) is 1. The number of rotatable bonds is 9. The number of carboxylic acid groups (broad SMARTS) is 2. The zero-order valence-electron chi connectivity index (χ0n) is 16.6. The quantitative estimate of drug-likeness (QED) is 0.646. The van der Waals surface area contributed by atoms with E-state index in [1.54, 1.807) is 0 Å². The van der Waals surface area contributed by atoms with Gasteiger partial charge in [-0.1, -0.05) is 39.8 Å². The Morgan fingerprint density at radius 3 is 2.00 bits per heavy atom. The topological polar surface area (TPSA) is 87.1 Å². The third-order valence-electron chi connectivity index (χ3n) is 3.72. The van der Waals surface area contributed by atoms with Crippen molar-refractivity contribution in [3.63, 3.8) is 0 Å². The van der Waals surface area contributed by atoms with Crippen LogP contribution in [-0.2, 0) is 9.59 Å². The summed E-state index contributed by atoms with van der Waals surface area (Å²) in [5.74, 6) is -2.08. The number of hydrogen-bond acceptors (Lipinski definition) is 4. The second-order valence-corrected chi connectivity index (χ2v) is 6.50. The van der Waals surface area contributed by atoms with Gasteiger partial charge in [-0.25, -0.2) is 9.59 Å². The molecule has 0 unspecified atom stereocenters. The Balaban J connectivity index is 0.000000896. The monoisotopic (exact) mass is 367 g/mol. The number of carboxylic acids is 2.